The van der Waals surface area contributed by atoms with Crippen molar-refractivity contribution in [1.82, 2.24) is 14.5 Å². The first-order valence-corrected chi connectivity index (χ1v) is 15.2. The molecule has 2 atom stereocenters. The van der Waals surface area contributed by atoms with Crippen LogP contribution < -0.4 is 10.2 Å². The molecule has 0 bridgehead atoms. The van der Waals surface area contributed by atoms with Crippen molar-refractivity contribution in [3.05, 3.63) is 77.1 Å². The van der Waals surface area contributed by atoms with E-state index in [1.807, 2.05) is 0 Å². The first-order valence-electron chi connectivity index (χ1n) is 15.2. The Balaban J connectivity index is 1.23. The van der Waals surface area contributed by atoms with Gasteiger partial charge < -0.3 is 14.6 Å². The van der Waals surface area contributed by atoms with Crippen LogP contribution in [0.5, 0.6) is 0 Å². The van der Waals surface area contributed by atoms with Crippen molar-refractivity contribution in [2.24, 2.45) is 11.8 Å². The number of nitrogens with zero attached hydrogens (tertiary/aromatic N) is 4. The van der Waals surface area contributed by atoms with E-state index in [2.05, 4.69) is 15.2 Å². The molecule has 2 aromatic carbocycles. The van der Waals surface area contributed by atoms with E-state index < -0.39 is 47.1 Å². The predicted molar refractivity (Wildman–Crippen MR) is 156 cm³/mol. The number of amides is 1. The number of aromatic nitrogens is 2. The number of likely N-dealkylation sites (tertiary alicyclic amines) is 1. The van der Waals surface area contributed by atoms with Gasteiger partial charge in [-0.1, -0.05) is 18.6 Å². The van der Waals surface area contributed by atoms with Crippen LogP contribution in [0.2, 0.25) is 0 Å². The Labute approximate surface area is 256 Å². The van der Waals surface area contributed by atoms with Crippen molar-refractivity contribution < 1.29 is 36.6 Å². The topological polar surface area (TPSA) is 90.7 Å². The highest BCUT2D eigenvalue weighted by Crippen LogP contribution is 2.40. The van der Waals surface area contributed by atoms with Gasteiger partial charge in [0.2, 0.25) is 11.9 Å². The summed E-state index contributed by atoms with van der Waals surface area (Å²) in [5.41, 5.74) is 0.367. The van der Waals surface area contributed by atoms with E-state index >= 15 is 0 Å². The smallest absolute Gasteiger partial charge is 0.416 e. The van der Waals surface area contributed by atoms with Crippen molar-refractivity contribution in [2.45, 2.75) is 56.8 Å². The molecule has 8 nitrogen and oxygen atoms in total. The summed E-state index contributed by atoms with van der Waals surface area (Å²) in [6.45, 7) is 1.55. The van der Waals surface area contributed by atoms with Crippen molar-refractivity contribution in [3.8, 4) is 0 Å². The Bertz CT molecular complexity index is 1560. The lowest BCUT2D eigenvalue weighted by Crippen LogP contribution is -2.39. The SMILES string of the molecule is O=C(O)C1CCN(c2cc(C(F)(F)F)ccc2Cn2ccnc2NC(=O)[C@@H]2CN(C3CCC3)C[C@H]2c2ccc(F)cc2F)CC1. The number of anilines is 2. The summed E-state index contributed by atoms with van der Waals surface area (Å²) in [5, 5.41) is 12.2. The quantitative estimate of drug-likeness (QED) is 0.309. The van der Waals surface area contributed by atoms with E-state index in [-0.39, 0.29) is 24.0 Å². The van der Waals surface area contributed by atoms with Gasteiger partial charge in [-0.25, -0.2) is 13.8 Å². The zero-order chi connectivity index (χ0) is 31.9. The molecule has 45 heavy (non-hydrogen) atoms. The monoisotopic (exact) mass is 631 g/mol. The number of carbonyl (C=O) groups is 2. The zero-order valence-corrected chi connectivity index (χ0v) is 24.4. The molecule has 13 heteroatoms. The number of rotatable bonds is 8. The van der Waals surface area contributed by atoms with Crippen LogP contribution >= 0.6 is 0 Å². The van der Waals surface area contributed by atoms with Gasteiger partial charge in [0.15, 0.2) is 0 Å². The molecule has 2 aliphatic heterocycles. The fraction of sp³-hybridized carbons (Fsp3) is 0.469. The number of hydrogen-bond donors (Lipinski definition) is 2. The highest BCUT2D eigenvalue weighted by molar-refractivity contribution is 5.92. The lowest BCUT2D eigenvalue weighted by atomic mass is 9.88. The van der Waals surface area contributed by atoms with E-state index in [1.54, 1.807) is 15.7 Å². The van der Waals surface area contributed by atoms with Crippen LogP contribution in [0, 0.1) is 23.5 Å². The first kappa shape index (κ1) is 31.0. The van der Waals surface area contributed by atoms with Crippen LogP contribution in [0.15, 0.2) is 48.8 Å². The number of hydrogen-bond acceptors (Lipinski definition) is 5. The van der Waals surface area contributed by atoms with Crippen molar-refractivity contribution in [1.29, 1.82) is 0 Å². The maximum atomic E-state index is 14.9. The maximum Gasteiger partial charge on any atom is 0.416 e. The van der Waals surface area contributed by atoms with Crippen molar-refractivity contribution in [3.63, 3.8) is 0 Å². The van der Waals surface area contributed by atoms with Crippen molar-refractivity contribution >= 4 is 23.5 Å². The highest BCUT2D eigenvalue weighted by atomic mass is 19.4. The van der Waals surface area contributed by atoms with Crippen LogP contribution in [0.3, 0.4) is 0 Å². The minimum Gasteiger partial charge on any atom is -0.481 e. The molecule has 3 fully saturated rings. The average molecular weight is 632 g/mol. The maximum absolute atomic E-state index is 14.9. The Kier molecular flexibility index (Phi) is 8.55. The minimum atomic E-state index is -4.56. The van der Waals surface area contributed by atoms with E-state index in [0.29, 0.717) is 56.3 Å². The van der Waals surface area contributed by atoms with Gasteiger partial charge in [0.25, 0.3) is 0 Å². The molecular weight excluding hydrogens is 597 g/mol. The number of piperidine rings is 1. The molecular formula is C32H34F5N5O3. The van der Waals surface area contributed by atoms with Gasteiger partial charge >= 0.3 is 12.1 Å². The van der Waals surface area contributed by atoms with Crippen LogP contribution in [-0.4, -0.2) is 63.7 Å². The van der Waals surface area contributed by atoms with Crippen LogP contribution in [0.25, 0.3) is 0 Å². The molecule has 0 unspecified atom stereocenters. The largest absolute Gasteiger partial charge is 0.481 e. The van der Waals surface area contributed by atoms with Crippen molar-refractivity contribution in [2.75, 3.05) is 36.4 Å². The van der Waals surface area contributed by atoms with Gasteiger partial charge in [0.1, 0.15) is 11.6 Å². The Morgan fingerprint density at radius 3 is 2.40 bits per heavy atom. The summed E-state index contributed by atoms with van der Waals surface area (Å²) in [6.07, 6.45) is 2.25. The first-order chi connectivity index (χ1) is 21.5. The molecule has 3 aromatic rings. The number of benzene rings is 2. The number of imidazole rings is 1. The van der Waals surface area contributed by atoms with Gasteiger partial charge in [0, 0.05) is 62.3 Å². The minimum absolute atomic E-state index is 0.0941. The van der Waals surface area contributed by atoms with E-state index in [1.165, 1.54) is 24.4 Å². The third-order valence-corrected chi connectivity index (χ3v) is 9.53. The van der Waals surface area contributed by atoms with E-state index in [4.69, 9.17) is 0 Å². The molecule has 3 aliphatic rings. The summed E-state index contributed by atoms with van der Waals surface area (Å²) >= 11 is 0. The summed E-state index contributed by atoms with van der Waals surface area (Å²) in [5.74, 6) is -4.16. The molecule has 1 aliphatic carbocycles. The lowest BCUT2D eigenvalue weighted by Gasteiger charge is -2.34. The number of carboxylic acids is 1. The molecule has 2 N–H and O–H groups in total. The highest BCUT2D eigenvalue weighted by Gasteiger charge is 2.43. The number of aliphatic carboxylic acids is 1. The third-order valence-electron chi connectivity index (χ3n) is 9.53. The molecule has 240 valence electrons. The molecule has 2 saturated heterocycles. The molecule has 0 radical (unpaired) electrons. The Morgan fingerprint density at radius 1 is 1.00 bits per heavy atom. The summed E-state index contributed by atoms with van der Waals surface area (Å²) in [7, 11) is 0. The summed E-state index contributed by atoms with van der Waals surface area (Å²) in [4.78, 5) is 33.4. The summed E-state index contributed by atoms with van der Waals surface area (Å²) < 4.78 is 71.2. The number of carbonyl (C=O) groups excluding carboxylic acids is 1. The fourth-order valence-electron chi connectivity index (χ4n) is 6.75. The van der Waals surface area contributed by atoms with Gasteiger partial charge in [0.05, 0.1) is 23.9 Å². The number of nitrogens with one attached hydrogen (secondary N) is 1. The normalized spacial score (nSPS) is 21.6. The molecule has 1 aromatic heterocycles. The summed E-state index contributed by atoms with van der Waals surface area (Å²) in [6, 6.07) is 7.22. The Morgan fingerprint density at radius 2 is 1.76 bits per heavy atom. The number of halogens is 5. The lowest BCUT2D eigenvalue weighted by molar-refractivity contribution is -0.142. The van der Waals surface area contributed by atoms with Gasteiger partial charge in [-0.15, -0.1) is 0 Å². The van der Waals surface area contributed by atoms with Crippen LogP contribution in [0.4, 0.5) is 33.6 Å². The second kappa shape index (κ2) is 12.4. The van der Waals surface area contributed by atoms with Gasteiger partial charge in [-0.2, -0.15) is 13.2 Å². The molecule has 1 saturated carbocycles. The van der Waals surface area contributed by atoms with Crippen LogP contribution in [-0.2, 0) is 22.3 Å². The second-order valence-electron chi connectivity index (χ2n) is 12.2. The zero-order valence-electron chi connectivity index (χ0n) is 24.4. The molecule has 1 amide bonds. The predicted octanol–water partition coefficient (Wildman–Crippen LogP) is 5.74. The average Bonchev–Trinajstić information content (AvgIpc) is 3.59. The van der Waals surface area contributed by atoms with E-state index in [9.17, 15) is 36.6 Å². The molecule has 0 spiro atoms. The fourth-order valence-corrected chi connectivity index (χ4v) is 6.75. The van der Waals surface area contributed by atoms with E-state index in [0.717, 1.165) is 37.5 Å². The Hall–Kier alpha value is -4.00. The molecule has 6 rings (SSSR count). The standard InChI is InChI=1S/C32H34F5N5O3/c33-22-6-7-24(27(34)15-22)25-17-42(23-2-1-3-23)18-26(25)29(43)39-31-38-10-13-41(31)16-20-4-5-21(32(35,36)37)14-28(20)40-11-8-19(9-12-40)30(44)45/h4-7,10,13-15,19,23,25-26H,1-3,8-9,11-12,16-18H2,(H,44,45)(H,38,39,43)/t25-,26+/m0/s1. The number of alkyl halides is 3. The van der Waals surface area contributed by atoms with Gasteiger partial charge in [-0.3, -0.25) is 19.8 Å². The third kappa shape index (κ3) is 6.54. The van der Waals surface area contributed by atoms with Crippen LogP contribution in [0.1, 0.15) is 54.7 Å². The molecule has 3 heterocycles. The number of carboxylic acid groups (broad SMARTS) is 1. The second-order valence-corrected chi connectivity index (χ2v) is 12.2. The van der Waals surface area contributed by atoms with Gasteiger partial charge in [-0.05, 0) is 55.0 Å².